The molecule has 0 saturated heterocycles. The number of amides is 1. The van der Waals surface area contributed by atoms with Crippen LogP contribution in [0.15, 0.2) is 35.6 Å². The smallest absolute Gasteiger partial charge is 0.282 e. The largest absolute Gasteiger partial charge is 0.389 e. The van der Waals surface area contributed by atoms with Crippen LogP contribution in [0.1, 0.15) is 33.6 Å². The Morgan fingerprint density at radius 3 is 2.74 bits per heavy atom. The normalized spacial score (nSPS) is 10.0. The van der Waals surface area contributed by atoms with Gasteiger partial charge in [-0.3, -0.25) is 9.48 Å². The van der Waals surface area contributed by atoms with Crippen molar-refractivity contribution >= 4 is 11.6 Å². The second-order valence-electron chi connectivity index (χ2n) is 5.34. The van der Waals surface area contributed by atoms with Gasteiger partial charge in [0.1, 0.15) is 24.4 Å². The zero-order chi connectivity index (χ0) is 19.8. The Bertz CT molecular complexity index is 924. The predicted octanol–water partition coefficient (Wildman–Crippen LogP) is 2.21. The van der Waals surface area contributed by atoms with Gasteiger partial charge < -0.3 is 10.2 Å². The molecule has 0 aliphatic rings. The molecule has 1 N–H and O–H groups in total. The number of aromatic nitrogens is 2. The molecule has 1 heterocycles. The van der Waals surface area contributed by atoms with Crippen molar-refractivity contribution in [2.24, 2.45) is 12.2 Å². The standard InChI is InChI=1S/C17H14F2N6O2/c1-25-9-14(15(23-25)16(18)19)17(26)22-8-11-3-2-4-12(5-11)10-27-24-13(6-20)7-21/h2-5,9,16H,8,10H2,1H3,(H,22,26). The fourth-order valence-corrected chi connectivity index (χ4v) is 2.19. The predicted molar refractivity (Wildman–Crippen MR) is 89.2 cm³/mol. The lowest BCUT2D eigenvalue weighted by atomic mass is 10.1. The number of carbonyl (C=O) groups excluding carboxylic acids is 1. The van der Waals surface area contributed by atoms with Crippen molar-refractivity contribution in [3.05, 3.63) is 52.8 Å². The van der Waals surface area contributed by atoms with Gasteiger partial charge in [-0.15, -0.1) is 0 Å². The van der Waals surface area contributed by atoms with Gasteiger partial charge >= 0.3 is 0 Å². The van der Waals surface area contributed by atoms with Crippen LogP contribution in [-0.2, 0) is 25.0 Å². The van der Waals surface area contributed by atoms with E-state index in [1.807, 2.05) is 0 Å². The molecule has 10 heteroatoms. The number of nitriles is 2. The highest BCUT2D eigenvalue weighted by Crippen LogP contribution is 2.20. The summed E-state index contributed by atoms with van der Waals surface area (Å²) in [6.07, 6.45) is -1.61. The van der Waals surface area contributed by atoms with Crippen molar-refractivity contribution in [3.8, 4) is 12.1 Å². The van der Waals surface area contributed by atoms with Crippen molar-refractivity contribution < 1.29 is 18.4 Å². The van der Waals surface area contributed by atoms with Crippen molar-refractivity contribution in [3.63, 3.8) is 0 Å². The molecule has 8 nitrogen and oxygen atoms in total. The van der Waals surface area contributed by atoms with Gasteiger partial charge in [0.05, 0.1) is 5.56 Å². The fourth-order valence-electron chi connectivity index (χ4n) is 2.19. The van der Waals surface area contributed by atoms with Crippen LogP contribution < -0.4 is 5.32 Å². The van der Waals surface area contributed by atoms with Gasteiger partial charge in [0.15, 0.2) is 0 Å². The summed E-state index contributed by atoms with van der Waals surface area (Å²) >= 11 is 0. The maximum Gasteiger partial charge on any atom is 0.282 e. The minimum Gasteiger partial charge on any atom is -0.389 e. The molecule has 0 spiro atoms. The Morgan fingerprint density at radius 1 is 1.37 bits per heavy atom. The van der Waals surface area contributed by atoms with E-state index in [1.54, 1.807) is 36.4 Å². The van der Waals surface area contributed by atoms with E-state index in [2.05, 4.69) is 15.6 Å². The summed E-state index contributed by atoms with van der Waals surface area (Å²) in [7, 11) is 1.46. The second kappa shape index (κ2) is 9.06. The number of aryl methyl sites for hydroxylation is 1. The highest BCUT2D eigenvalue weighted by molar-refractivity contribution is 6.09. The first kappa shape index (κ1) is 19.5. The van der Waals surface area contributed by atoms with Crippen LogP contribution in [0.2, 0.25) is 0 Å². The third-order valence-electron chi connectivity index (χ3n) is 3.35. The van der Waals surface area contributed by atoms with E-state index in [0.717, 1.165) is 4.68 Å². The first-order chi connectivity index (χ1) is 12.9. The summed E-state index contributed by atoms with van der Waals surface area (Å²) in [4.78, 5) is 17.1. The van der Waals surface area contributed by atoms with Gasteiger partial charge in [0.25, 0.3) is 18.0 Å². The quantitative estimate of drug-likeness (QED) is 0.591. The molecule has 1 aromatic carbocycles. The van der Waals surface area contributed by atoms with Crippen LogP contribution in [0.25, 0.3) is 0 Å². The Labute approximate surface area is 153 Å². The lowest BCUT2D eigenvalue weighted by Gasteiger charge is -2.07. The molecular formula is C17H14F2N6O2. The Hall–Kier alpha value is -3.79. The maximum atomic E-state index is 12.9. The van der Waals surface area contributed by atoms with Crippen molar-refractivity contribution in [2.75, 3.05) is 0 Å². The van der Waals surface area contributed by atoms with E-state index < -0.39 is 23.7 Å². The van der Waals surface area contributed by atoms with E-state index >= 15 is 0 Å². The molecule has 0 aliphatic carbocycles. The second-order valence-corrected chi connectivity index (χ2v) is 5.34. The number of rotatable bonds is 7. The fraction of sp³-hybridized carbons (Fsp3) is 0.235. The Kier molecular flexibility index (Phi) is 6.55. The minimum absolute atomic E-state index is 0.0206. The first-order valence-electron chi connectivity index (χ1n) is 7.62. The van der Waals surface area contributed by atoms with E-state index in [9.17, 15) is 13.6 Å². The van der Waals surface area contributed by atoms with Crippen LogP contribution in [0.4, 0.5) is 8.78 Å². The summed E-state index contributed by atoms with van der Waals surface area (Å²) in [5.74, 6) is -0.655. The number of carbonyl (C=O) groups is 1. The van der Waals surface area contributed by atoms with E-state index in [1.165, 1.54) is 13.2 Å². The molecule has 1 amide bonds. The minimum atomic E-state index is -2.85. The zero-order valence-electron chi connectivity index (χ0n) is 14.2. The van der Waals surface area contributed by atoms with Gasteiger partial charge in [-0.05, 0) is 11.1 Å². The average Bonchev–Trinajstić information content (AvgIpc) is 3.06. The number of alkyl halides is 2. The zero-order valence-corrected chi connectivity index (χ0v) is 14.2. The molecular weight excluding hydrogens is 358 g/mol. The number of benzene rings is 1. The highest BCUT2D eigenvalue weighted by atomic mass is 19.3. The molecule has 0 saturated carbocycles. The van der Waals surface area contributed by atoms with Crippen LogP contribution in [0.5, 0.6) is 0 Å². The molecule has 0 unspecified atom stereocenters. The Balaban J connectivity index is 1.99. The monoisotopic (exact) mass is 372 g/mol. The summed E-state index contributed by atoms with van der Waals surface area (Å²) in [6, 6.07) is 10.0. The van der Waals surface area contributed by atoms with Gasteiger partial charge in [-0.25, -0.2) is 8.78 Å². The highest BCUT2D eigenvalue weighted by Gasteiger charge is 2.22. The first-order valence-corrected chi connectivity index (χ1v) is 7.62. The van der Waals surface area contributed by atoms with Crippen LogP contribution in [0.3, 0.4) is 0 Å². The van der Waals surface area contributed by atoms with Crippen molar-refractivity contribution in [1.82, 2.24) is 15.1 Å². The summed E-state index contributed by atoms with van der Waals surface area (Å²) in [6.45, 7) is 0.127. The maximum absolute atomic E-state index is 12.9. The molecule has 0 bridgehead atoms. The summed E-state index contributed by atoms with van der Waals surface area (Å²) < 4.78 is 27.0. The number of oxime groups is 1. The molecule has 0 fully saturated rings. The average molecular weight is 372 g/mol. The molecule has 0 aliphatic heterocycles. The topological polar surface area (TPSA) is 116 Å². The summed E-state index contributed by atoms with van der Waals surface area (Å²) in [5, 5.41) is 26.7. The molecule has 138 valence electrons. The lowest BCUT2D eigenvalue weighted by Crippen LogP contribution is -2.23. The van der Waals surface area contributed by atoms with Gasteiger partial charge in [0, 0.05) is 19.8 Å². The van der Waals surface area contributed by atoms with Crippen molar-refractivity contribution in [2.45, 2.75) is 19.6 Å². The van der Waals surface area contributed by atoms with Crippen LogP contribution in [-0.4, -0.2) is 21.4 Å². The Morgan fingerprint density at radius 2 is 2.07 bits per heavy atom. The van der Waals surface area contributed by atoms with Crippen molar-refractivity contribution in [1.29, 1.82) is 10.5 Å². The molecule has 1 aromatic heterocycles. The number of halogens is 2. The SMILES string of the molecule is Cn1cc(C(=O)NCc2cccc(CON=C(C#N)C#N)c2)c(C(F)F)n1. The van der Waals surface area contributed by atoms with E-state index in [0.29, 0.717) is 11.1 Å². The van der Waals surface area contributed by atoms with Crippen LogP contribution in [0, 0.1) is 22.7 Å². The number of hydrogen-bond donors (Lipinski definition) is 1. The third kappa shape index (κ3) is 5.34. The lowest BCUT2D eigenvalue weighted by molar-refractivity contribution is 0.0936. The van der Waals surface area contributed by atoms with E-state index in [4.69, 9.17) is 15.4 Å². The van der Waals surface area contributed by atoms with Gasteiger partial charge in [0.2, 0.25) is 0 Å². The summed E-state index contributed by atoms with van der Waals surface area (Å²) in [5.41, 5.74) is 0.250. The molecule has 2 aromatic rings. The molecule has 0 radical (unpaired) electrons. The number of hydrogen-bond acceptors (Lipinski definition) is 6. The molecule has 27 heavy (non-hydrogen) atoms. The van der Waals surface area contributed by atoms with Gasteiger partial charge in [-0.1, -0.05) is 29.4 Å². The van der Waals surface area contributed by atoms with Crippen LogP contribution >= 0.6 is 0 Å². The molecule has 0 atom stereocenters. The number of nitrogens with one attached hydrogen (secondary N) is 1. The molecule has 2 rings (SSSR count). The third-order valence-corrected chi connectivity index (χ3v) is 3.35. The number of nitrogens with zero attached hydrogens (tertiary/aromatic N) is 5. The van der Waals surface area contributed by atoms with Gasteiger partial charge in [-0.2, -0.15) is 15.6 Å². The van der Waals surface area contributed by atoms with E-state index in [-0.39, 0.29) is 18.7 Å².